The second-order valence-corrected chi connectivity index (χ2v) is 6.14. The van der Waals surface area contributed by atoms with E-state index in [2.05, 4.69) is 36.4 Å². The highest BCUT2D eigenvalue weighted by Crippen LogP contribution is 2.13. The van der Waals surface area contributed by atoms with Gasteiger partial charge in [0.2, 0.25) is 0 Å². The van der Waals surface area contributed by atoms with Gasteiger partial charge in [-0.3, -0.25) is 0 Å². The molecule has 1 atom stereocenters. The largest absolute Gasteiger partial charge is 0.508 e. The molecule has 0 aromatic heterocycles. The monoisotopic (exact) mass is 390 g/mol. The van der Waals surface area contributed by atoms with Gasteiger partial charge in [0.05, 0.1) is 6.61 Å². The fraction of sp³-hybridized carbons (Fsp3) is 0.562. The molecule has 0 bridgehead atoms. The van der Waals surface area contributed by atoms with Gasteiger partial charge in [-0.1, -0.05) is 45.2 Å². The van der Waals surface area contributed by atoms with Crippen LogP contribution in [0, 0.1) is 9.49 Å². The summed E-state index contributed by atoms with van der Waals surface area (Å²) in [6.07, 6.45) is 3.92. The minimum atomic E-state index is -0.571. The Morgan fingerprint density at radius 2 is 1.90 bits per heavy atom. The van der Waals surface area contributed by atoms with Gasteiger partial charge in [0.25, 0.3) is 0 Å². The Kier molecular flexibility index (Phi) is 8.65. The van der Waals surface area contributed by atoms with Crippen molar-refractivity contribution in [1.29, 1.82) is 0 Å². The summed E-state index contributed by atoms with van der Waals surface area (Å²) in [7, 11) is 0. The van der Waals surface area contributed by atoms with Crippen LogP contribution in [0.5, 0.6) is 0 Å². The molecule has 0 radical (unpaired) electrons. The Hall–Kier alpha value is -0.780. The number of carbonyl (C=O) groups is 1. The van der Waals surface area contributed by atoms with Gasteiger partial charge in [0.15, 0.2) is 0 Å². The van der Waals surface area contributed by atoms with Crippen molar-refractivity contribution in [1.82, 2.24) is 0 Å². The first-order chi connectivity index (χ1) is 9.65. The maximum atomic E-state index is 11.5. The summed E-state index contributed by atoms with van der Waals surface area (Å²) in [5, 5.41) is 0. The van der Waals surface area contributed by atoms with Crippen molar-refractivity contribution in [3.8, 4) is 0 Å². The van der Waals surface area contributed by atoms with E-state index < -0.39 is 6.16 Å². The van der Waals surface area contributed by atoms with Gasteiger partial charge in [-0.05, 0) is 52.6 Å². The van der Waals surface area contributed by atoms with Gasteiger partial charge >= 0.3 is 6.16 Å². The molecule has 1 rings (SSSR count). The van der Waals surface area contributed by atoms with Gasteiger partial charge < -0.3 is 9.47 Å². The lowest BCUT2D eigenvalue weighted by Crippen LogP contribution is -2.14. The highest BCUT2D eigenvalue weighted by atomic mass is 127. The number of carbonyl (C=O) groups excluding carboxylic acids is 1. The highest BCUT2D eigenvalue weighted by molar-refractivity contribution is 14.1. The predicted octanol–water partition coefficient (Wildman–Crippen LogP) is 5.16. The van der Waals surface area contributed by atoms with Crippen LogP contribution in [-0.4, -0.2) is 12.8 Å². The predicted molar refractivity (Wildman–Crippen MR) is 88.6 cm³/mol. The molecule has 20 heavy (non-hydrogen) atoms. The Balaban J connectivity index is 2.24. The Morgan fingerprint density at radius 1 is 1.20 bits per heavy atom. The van der Waals surface area contributed by atoms with E-state index in [4.69, 9.17) is 9.47 Å². The van der Waals surface area contributed by atoms with E-state index in [0.717, 1.165) is 22.0 Å². The number of unbranched alkanes of at least 4 members (excludes halogenated alkanes) is 1. The molecule has 0 amide bonds. The van der Waals surface area contributed by atoms with Crippen molar-refractivity contribution < 1.29 is 14.3 Å². The zero-order valence-corrected chi connectivity index (χ0v) is 14.4. The molecule has 0 fully saturated rings. The average Bonchev–Trinajstić information content (AvgIpc) is 2.47. The summed E-state index contributed by atoms with van der Waals surface area (Å²) in [5.74, 6) is 0.445. The third kappa shape index (κ3) is 7.12. The first-order valence-corrected chi connectivity index (χ1v) is 8.27. The molecule has 1 aromatic carbocycles. The summed E-state index contributed by atoms with van der Waals surface area (Å²) >= 11 is 2.24. The first-order valence-electron chi connectivity index (χ1n) is 7.19. The van der Waals surface area contributed by atoms with E-state index in [1.807, 2.05) is 24.3 Å². The number of hydrogen-bond donors (Lipinski definition) is 0. The van der Waals surface area contributed by atoms with Crippen molar-refractivity contribution in [3.05, 3.63) is 33.4 Å². The van der Waals surface area contributed by atoms with Crippen LogP contribution in [0.4, 0.5) is 4.79 Å². The number of hydrogen-bond acceptors (Lipinski definition) is 3. The van der Waals surface area contributed by atoms with Gasteiger partial charge in [-0.25, -0.2) is 4.79 Å². The lowest BCUT2D eigenvalue weighted by Gasteiger charge is -2.14. The fourth-order valence-corrected chi connectivity index (χ4v) is 2.21. The van der Waals surface area contributed by atoms with Crippen LogP contribution in [0.2, 0.25) is 0 Å². The number of ether oxygens (including phenoxy) is 2. The molecule has 0 heterocycles. The Bertz CT molecular complexity index is 389. The van der Waals surface area contributed by atoms with E-state index >= 15 is 0 Å². The summed E-state index contributed by atoms with van der Waals surface area (Å²) in [5.41, 5.74) is 0.973. The Morgan fingerprint density at radius 3 is 2.50 bits per heavy atom. The van der Waals surface area contributed by atoms with Crippen LogP contribution < -0.4 is 0 Å². The molecule has 0 aliphatic heterocycles. The van der Waals surface area contributed by atoms with Crippen molar-refractivity contribution in [2.75, 3.05) is 6.61 Å². The van der Waals surface area contributed by atoms with Crippen LogP contribution in [0.1, 0.15) is 45.1 Å². The van der Waals surface area contributed by atoms with Crippen molar-refractivity contribution in [2.24, 2.45) is 5.92 Å². The minimum absolute atomic E-state index is 0.265. The summed E-state index contributed by atoms with van der Waals surface area (Å²) in [6.45, 7) is 5.02. The number of rotatable bonds is 8. The molecule has 1 aromatic rings. The lowest BCUT2D eigenvalue weighted by atomic mass is 10.0. The molecule has 112 valence electrons. The summed E-state index contributed by atoms with van der Waals surface area (Å²) < 4.78 is 11.4. The molecule has 4 heteroatoms. The van der Waals surface area contributed by atoms with Gasteiger partial charge in [-0.2, -0.15) is 0 Å². The van der Waals surface area contributed by atoms with E-state index in [9.17, 15) is 4.79 Å². The maximum Gasteiger partial charge on any atom is 0.508 e. The normalized spacial score (nSPS) is 11.9. The van der Waals surface area contributed by atoms with Crippen LogP contribution in [0.15, 0.2) is 24.3 Å². The molecular weight excluding hydrogens is 367 g/mol. The first kappa shape index (κ1) is 17.3. The quantitative estimate of drug-likeness (QED) is 0.454. The van der Waals surface area contributed by atoms with Crippen LogP contribution in [0.3, 0.4) is 0 Å². The van der Waals surface area contributed by atoms with E-state index in [-0.39, 0.29) is 6.61 Å². The van der Waals surface area contributed by atoms with E-state index in [1.54, 1.807) is 0 Å². The number of benzene rings is 1. The zero-order valence-electron chi connectivity index (χ0n) is 12.2. The topological polar surface area (TPSA) is 35.5 Å². The standard InChI is InChI=1S/C16H23IO3/c1-3-5-6-13(4-2)11-19-16(18)20-12-14-7-9-15(17)10-8-14/h7-10,13H,3-6,11-12H2,1-2H3/t13-/m1/s1. The Labute approximate surface area is 135 Å². The second kappa shape index (κ2) is 10.0. The van der Waals surface area contributed by atoms with Crippen molar-refractivity contribution >= 4 is 28.7 Å². The molecule has 0 saturated carbocycles. The molecular formula is C16H23IO3. The molecule has 0 aliphatic rings. The molecule has 0 N–H and O–H groups in total. The molecule has 0 aliphatic carbocycles. The zero-order chi connectivity index (χ0) is 14.8. The van der Waals surface area contributed by atoms with Crippen LogP contribution in [-0.2, 0) is 16.1 Å². The summed E-state index contributed by atoms with van der Waals surface area (Å²) in [4.78, 5) is 11.5. The smallest absolute Gasteiger partial charge is 0.434 e. The average molecular weight is 390 g/mol. The lowest BCUT2D eigenvalue weighted by molar-refractivity contribution is 0.0377. The third-order valence-corrected chi connectivity index (χ3v) is 3.97. The number of halogens is 1. The third-order valence-electron chi connectivity index (χ3n) is 3.25. The van der Waals surface area contributed by atoms with Gasteiger partial charge in [-0.15, -0.1) is 0 Å². The van der Waals surface area contributed by atoms with Gasteiger partial charge in [0.1, 0.15) is 6.61 Å². The fourth-order valence-electron chi connectivity index (χ4n) is 1.85. The van der Waals surface area contributed by atoms with E-state index in [0.29, 0.717) is 12.5 Å². The summed E-state index contributed by atoms with van der Waals surface area (Å²) in [6, 6.07) is 7.88. The second-order valence-electron chi connectivity index (χ2n) is 4.89. The van der Waals surface area contributed by atoms with Crippen molar-refractivity contribution in [3.63, 3.8) is 0 Å². The van der Waals surface area contributed by atoms with Crippen LogP contribution in [0.25, 0.3) is 0 Å². The molecule has 0 unspecified atom stereocenters. The van der Waals surface area contributed by atoms with Crippen molar-refractivity contribution in [2.45, 2.75) is 46.1 Å². The highest BCUT2D eigenvalue weighted by Gasteiger charge is 2.10. The maximum absolute atomic E-state index is 11.5. The minimum Gasteiger partial charge on any atom is -0.434 e. The van der Waals surface area contributed by atoms with E-state index in [1.165, 1.54) is 12.8 Å². The molecule has 3 nitrogen and oxygen atoms in total. The van der Waals surface area contributed by atoms with Gasteiger partial charge in [0, 0.05) is 3.57 Å². The SMILES string of the molecule is CCCC[C@@H](CC)COC(=O)OCc1ccc(I)cc1. The molecule has 0 saturated heterocycles. The van der Waals surface area contributed by atoms with Crippen LogP contribution >= 0.6 is 22.6 Å². The molecule has 0 spiro atoms.